The van der Waals surface area contributed by atoms with Gasteiger partial charge in [-0.3, -0.25) is 9.88 Å². The van der Waals surface area contributed by atoms with Crippen LogP contribution in [-0.4, -0.2) is 72.7 Å². The molecule has 0 spiro atoms. The van der Waals surface area contributed by atoms with Gasteiger partial charge in [-0.05, 0) is 18.1 Å². The predicted octanol–water partition coefficient (Wildman–Crippen LogP) is 1.15. The van der Waals surface area contributed by atoms with Crippen molar-refractivity contribution >= 4 is 12.0 Å². The van der Waals surface area contributed by atoms with Crippen molar-refractivity contribution in [2.75, 3.05) is 39.8 Å². The fourth-order valence-electron chi connectivity index (χ4n) is 2.84. The molecule has 1 aromatic rings. The molecule has 1 fully saturated rings. The fraction of sp³-hybridized carbons (Fsp3) is 0.611. The van der Waals surface area contributed by atoms with E-state index in [0.29, 0.717) is 13.1 Å². The van der Waals surface area contributed by atoms with Crippen LogP contribution in [0.5, 0.6) is 0 Å². The lowest BCUT2D eigenvalue weighted by molar-refractivity contribution is -0.144. The predicted molar refractivity (Wildman–Crippen MR) is 95.1 cm³/mol. The minimum atomic E-state index is -0.611. The van der Waals surface area contributed by atoms with Gasteiger partial charge in [0.15, 0.2) is 0 Å². The van der Waals surface area contributed by atoms with E-state index in [-0.39, 0.29) is 11.9 Å². The largest absolute Gasteiger partial charge is 0.467 e. The number of carbonyl (C=O) groups excluding carboxylic acids is 2. The molecule has 1 N–H and O–H groups in total. The first-order valence-electron chi connectivity index (χ1n) is 8.76. The van der Waals surface area contributed by atoms with E-state index < -0.39 is 12.0 Å². The third kappa shape index (κ3) is 5.70. The molecule has 7 heteroatoms. The highest BCUT2D eigenvalue weighted by atomic mass is 16.5. The number of methoxy groups -OCH3 is 1. The number of aromatic nitrogens is 1. The smallest absolute Gasteiger partial charge is 0.328 e. The van der Waals surface area contributed by atoms with Gasteiger partial charge in [-0.15, -0.1) is 0 Å². The summed E-state index contributed by atoms with van der Waals surface area (Å²) in [7, 11) is 1.34. The Balaban J connectivity index is 1.77. The number of pyridine rings is 1. The van der Waals surface area contributed by atoms with Crippen molar-refractivity contribution in [3.05, 3.63) is 30.1 Å². The maximum Gasteiger partial charge on any atom is 0.328 e. The second-order valence-corrected chi connectivity index (χ2v) is 6.59. The molecule has 1 atom stereocenters. The van der Waals surface area contributed by atoms with E-state index in [2.05, 4.69) is 15.2 Å². The molecule has 25 heavy (non-hydrogen) atoms. The Morgan fingerprint density at radius 2 is 1.96 bits per heavy atom. The van der Waals surface area contributed by atoms with Crippen LogP contribution in [0.2, 0.25) is 0 Å². The summed E-state index contributed by atoms with van der Waals surface area (Å²) in [4.78, 5) is 32.6. The Bertz CT molecular complexity index is 557. The van der Waals surface area contributed by atoms with Crippen molar-refractivity contribution in [2.24, 2.45) is 5.92 Å². The molecule has 2 amide bonds. The molecule has 0 radical (unpaired) electrons. The van der Waals surface area contributed by atoms with Gasteiger partial charge < -0.3 is 15.0 Å². The lowest BCUT2D eigenvalue weighted by Gasteiger charge is -2.35. The highest BCUT2D eigenvalue weighted by Gasteiger charge is 2.28. The van der Waals surface area contributed by atoms with Gasteiger partial charge in [-0.2, -0.15) is 0 Å². The summed E-state index contributed by atoms with van der Waals surface area (Å²) in [5, 5.41) is 2.79. The van der Waals surface area contributed by atoms with E-state index >= 15 is 0 Å². The molecule has 2 heterocycles. The molecule has 0 saturated carbocycles. The fourth-order valence-corrected chi connectivity index (χ4v) is 2.84. The van der Waals surface area contributed by atoms with Crippen LogP contribution in [0.4, 0.5) is 4.79 Å². The van der Waals surface area contributed by atoms with Crippen LogP contribution in [0, 0.1) is 5.92 Å². The van der Waals surface area contributed by atoms with Gasteiger partial charge in [0.2, 0.25) is 0 Å². The third-order valence-electron chi connectivity index (χ3n) is 4.47. The van der Waals surface area contributed by atoms with Gasteiger partial charge in [-0.1, -0.05) is 19.9 Å². The maximum atomic E-state index is 12.4. The molecule has 1 aliphatic rings. The zero-order chi connectivity index (χ0) is 18.2. The number of nitrogens with zero attached hydrogens (tertiary/aromatic N) is 3. The summed E-state index contributed by atoms with van der Waals surface area (Å²) in [6, 6.07) is 5.13. The van der Waals surface area contributed by atoms with E-state index in [1.54, 1.807) is 4.90 Å². The molecule has 7 nitrogen and oxygen atoms in total. The van der Waals surface area contributed by atoms with Crippen molar-refractivity contribution in [1.82, 2.24) is 20.1 Å². The minimum absolute atomic E-state index is 0.0175. The Morgan fingerprint density at radius 1 is 1.24 bits per heavy atom. The van der Waals surface area contributed by atoms with Gasteiger partial charge in [0, 0.05) is 51.0 Å². The zero-order valence-electron chi connectivity index (χ0n) is 15.3. The standard InChI is InChI=1S/C18H28N4O3/c1-14(2)16(17(23)25-3)20-18(24)22-12-10-21(11-13-22)9-7-15-6-4-5-8-19-15/h4-6,8,14,16H,7,9-13H2,1-3H3,(H,20,24)/t16-/m0/s1. The molecule has 1 saturated heterocycles. The molecular formula is C18H28N4O3. The van der Waals surface area contributed by atoms with Gasteiger partial charge in [0.1, 0.15) is 6.04 Å². The van der Waals surface area contributed by atoms with Crippen LogP contribution in [0.3, 0.4) is 0 Å². The van der Waals surface area contributed by atoms with E-state index in [9.17, 15) is 9.59 Å². The van der Waals surface area contributed by atoms with Gasteiger partial charge in [0.25, 0.3) is 0 Å². The first-order chi connectivity index (χ1) is 12.0. The number of ether oxygens (including phenoxy) is 1. The summed E-state index contributed by atoms with van der Waals surface area (Å²) in [5.74, 6) is -0.423. The van der Waals surface area contributed by atoms with Crippen LogP contribution >= 0.6 is 0 Å². The van der Waals surface area contributed by atoms with Gasteiger partial charge >= 0.3 is 12.0 Å². The number of esters is 1. The molecule has 1 aromatic heterocycles. The first kappa shape index (κ1) is 19.2. The molecule has 0 aliphatic carbocycles. The summed E-state index contributed by atoms with van der Waals surface area (Å²) in [6.45, 7) is 7.66. The van der Waals surface area contributed by atoms with Crippen LogP contribution in [0.15, 0.2) is 24.4 Å². The Morgan fingerprint density at radius 3 is 2.52 bits per heavy atom. The Hall–Kier alpha value is -2.15. The number of urea groups is 1. The van der Waals surface area contributed by atoms with E-state index in [1.807, 2.05) is 38.2 Å². The van der Waals surface area contributed by atoms with Crippen molar-refractivity contribution in [1.29, 1.82) is 0 Å². The topological polar surface area (TPSA) is 74.8 Å². The normalized spacial score (nSPS) is 16.6. The quantitative estimate of drug-likeness (QED) is 0.781. The van der Waals surface area contributed by atoms with Crippen LogP contribution < -0.4 is 5.32 Å². The first-order valence-corrected chi connectivity index (χ1v) is 8.76. The molecule has 138 valence electrons. The summed E-state index contributed by atoms with van der Waals surface area (Å²) in [6.07, 6.45) is 2.72. The second-order valence-electron chi connectivity index (χ2n) is 6.59. The lowest BCUT2D eigenvalue weighted by Crippen LogP contribution is -2.55. The maximum absolute atomic E-state index is 12.4. The lowest BCUT2D eigenvalue weighted by atomic mass is 10.1. The van der Waals surface area contributed by atoms with Gasteiger partial charge in [-0.25, -0.2) is 9.59 Å². The SMILES string of the molecule is COC(=O)[C@@H](NC(=O)N1CCN(CCc2ccccn2)CC1)C(C)C. The van der Waals surface area contributed by atoms with Crippen molar-refractivity contribution in [3.63, 3.8) is 0 Å². The van der Waals surface area contributed by atoms with Crippen molar-refractivity contribution in [2.45, 2.75) is 26.3 Å². The van der Waals surface area contributed by atoms with Crippen LogP contribution in [0.1, 0.15) is 19.5 Å². The van der Waals surface area contributed by atoms with Gasteiger partial charge in [0.05, 0.1) is 7.11 Å². The Labute approximate surface area is 149 Å². The van der Waals surface area contributed by atoms with Crippen molar-refractivity contribution < 1.29 is 14.3 Å². The monoisotopic (exact) mass is 348 g/mol. The molecule has 2 rings (SSSR count). The molecule has 0 unspecified atom stereocenters. The van der Waals surface area contributed by atoms with Crippen LogP contribution in [0.25, 0.3) is 0 Å². The van der Waals surface area contributed by atoms with E-state index in [0.717, 1.165) is 31.7 Å². The summed E-state index contributed by atoms with van der Waals surface area (Å²) < 4.78 is 4.77. The highest BCUT2D eigenvalue weighted by Crippen LogP contribution is 2.08. The minimum Gasteiger partial charge on any atom is -0.467 e. The molecule has 1 aliphatic heterocycles. The molecule has 0 bridgehead atoms. The van der Waals surface area contributed by atoms with E-state index in [4.69, 9.17) is 4.74 Å². The molecule has 0 aromatic carbocycles. The second kappa shape index (κ2) is 9.36. The number of nitrogens with one attached hydrogen (secondary N) is 1. The number of piperazine rings is 1. The zero-order valence-corrected chi connectivity index (χ0v) is 15.3. The average molecular weight is 348 g/mol. The van der Waals surface area contributed by atoms with E-state index in [1.165, 1.54) is 7.11 Å². The average Bonchev–Trinajstić information content (AvgIpc) is 2.64. The van der Waals surface area contributed by atoms with Crippen molar-refractivity contribution in [3.8, 4) is 0 Å². The third-order valence-corrected chi connectivity index (χ3v) is 4.47. The van der Waals surface area contributed by atoms with Crippen LogP contribution in [-0.2, 0) is 16.0 Å². The summed E-state index contributed by atoms with van der Waals surface area (Å²) >= 11 is 0. The summed E-state index contributed by atoms with van der Waals surface area (Å²) in [5.41, 5.74) is 1.08. The number of rotatable bonds is 6. The highest BCUT2D eigenvalue weighted by molar-refractivity contribution is 5.83. The number of carbonyl (C=O) groups is 2. The number of hydrogen-bond donors (Lipinski definition) is 1. The molecular weight excluding hydrogens is 320 g/mol. The Kier molecular flexibility index (Phi) is 7.18. The number of amides is 2. The number of hydrogen-bond acceptors (Lipinski definition) is 5.